The summed E-state index contributed by atoms with van der Waals surface area (Å²) in [6.45, 7) is 4.59. The van der Waals surface area contributed by atoms with Crippen LogP contribution in [0.15, 0.2) is 30.3 Å². The van der Waals surface area contributed by atoms with Crippen LogP contribution in [0.1, 0.15) is 25.8 Å². The second-order valence-corrected chi connectivity index (χ2v) is 4.93. The van der Waals surface area contributed by atoms with E-state index >= 15 is 0 Å². The Morgan fingerprint density at radius 1 is 1.30 bits per heavy atom. The zero-order valence-electron chi connectivity index (χ0n) is 12.0. The van der Waals surface area contributed by atoms with Crippen molar-refractivity contribution in [2.24, 2.45) is 5.92 Å². The Morgan fingerprint density at radius 3 is 2.60 bits per heavy atom. The minimum atomic E-state index is -0.556. The largest absolute Gasteiger partial charge is 0.449 e. The third kappa shape index (κ3) is 7.11. The highest BCUT2D eigenvalue weighted by molar-refractivity contribution is 5.67. The van der Waals surface area contributed by atoms with Crippen LogP contribution in [0.3, 0.4) is 0 Å². The highest BCUT2D eigenvalue weighted by Gasteiger charge is 2.13. The van der Waals surface area contributed by atoms with Crippen molar-refractivity contribution in [1.82, 2.24) is 5.32 Å². The van der Waals surface area contributed by atoms with Gasteiger partial charge in [0.25, 0.3) is 0 Å². The molecule has 1 atom stereocenters. The first-order valence-electron chi connectivity index (χ1n) is 6.81. The molecule has 112 valence electrons. The van der Waals surface area contributed by atoms with E-state index in [0.717, 1.165) is 5.56 Å². The molecule has 0 fully saturated rings. The highest BCUT2D eigenvalue weighted by atomic mass is 16.6. The molecule has 1 unspecified atom stereocenters. The van der Waals surface area contributed by atoms with Crippen LogP contribution in [-0.2, 0) is 16.1 Å². The van der Waals surface area contributed by atoms with E-state index < -0.39 is 12.3 Å². The molecule has 1 aromatic rings. The summed E-state index contributed by atoms with van der Waals surface area (Å²) in [5.74, 6) is 0.280. The molecule has 0 aromatic heterocycles. The van der Waals surface area contributed by atoms with Crippen molar-refractivity contribution in [2.75, 3.05) is 13.2 Å². The first-order chi connectivity index (χ1) is 9.61. The Morgan fingerprint density at radius 2 is 2.00 bits per heavy atom. The fourth-order valence-electron chi connectivity index (χ4n) is 1.50. The van der Waals surface area contributed by atoms with E-state index in [1.165, 1.54) is 0 Å². The summed E-state index contributed by atoms with van der Waals surface area (Å²) in [7, 11) is 0. The number of nitrogens with one attached hydrogen (secondary N) is 1. The Labute approximate surface area is 119 Å². The maximum atomic E-state index is 11.5. The summed E-state index contributed by atoms with van der Waals surface area (Å²) in [6.07, 6.45) is -0.756. The topological polar surface area (TPSA) is 67.8 Å². The summed E-state index contributed by atoms with van der Waals surface area (Å²) >= 11 is 0. The predicted octanol–water partition coefficient (Wildman–Crippen LogP) is 2.29. The van der Waals surface area contributed by atoms with Crippen molar-refractivity contribution < 1.29 is 19.4 Å². The van der Waals surface area contributed by atoms with Gasteiger partial charge in [0.2, 0.25) is 0 Å². The molecule has 0 aliphatic rings. The molecule has 0 spiro atoms. The lowest BCUT2D eigenvalue weighted by Crippen LogP contribution is -2.38. The molecule has 0 bridgehead atoms. The number of carbonyl (C=O) groups is 1. The van der Waals surface area contributed by atoms with Gasteiger partial charge in [0.1, 0.15) is 6.23 Å². The Hall–Kier alpha value is -1.59. The Bertz CT molecular complexity index is 381. The lowest BCUT2D eigenvalue weighted by molar-refractivity contribution is 0.000680. The van der Waals surface area contributed by atoms with E-state index in [1.54, 1.807) is 0 Å². The van der Waals surface area contributed by atoms with Crippen LogP contribution in [0, 0.1) is 5.92 Å². The van der Waals surface area contributed by atoms with Gasteiger partial charge in [-0.2, -0.15) is 0 Å². The van der Waals surface area contributed by atoms with Gasteiger partial charge >= 0.3 is 6.09 Å². The smallest absolute Gasteiger partial charge is 0.409 e. The summed E-state index contributed by atoms with van der Waals surface area (Å²) in [5.41, 5.74) is 1.01. The summed E-state index contributed by atoms with van der Waals surface area (Å²) < 4.78 is 10.6. The number of alkyl carbamates (subject to hydrolysis) is 1. The van der Waals surface area contributed by atoms with Gasteiger partial charge in [-0.25, -0.2) is 4.79 Å². The van der Waals surface area contributed by atoms with E-state index in [4.69, 9.17) is 14.6 Å². The van der Waals surface area contributed by atoms with Gasteiger partial charge in [-0.3, -0.25) is 5.32 Å². The number of amides is 1. The van der Waals surface area contributed by atoms with Crippen molar-refractivity contribution in [3.63, 3.8) is 0 Å². The van der Waals surface area contributed by atoms with Crippen LogP contribution in [0.4, 0.5) is 4.79 Å². The first-order valence-corrected chi connectivity index (χ1v) is 6.81. The number of aliphatic hydroxyl groups excluding tert-OH is 1. The number of carbonyl (C=O) groups excluding carboxylic acids is 1. The van der Waals surface area contributed by atoms with Crippen LogP contribution in [0.2, 0.25) is 0 Å². The van der Waals surface area contributed by atoms with Gasteiger partial charge in [0.15, 0.2) is 0 Å². The second-order valence-electron chi connectivity index (χ2n) is 4.93. The van der Waals surface area contributed by atoms with Gasteiger partial charge in [0, 0.05) is 13.0 Å². The second kappa shape index (κ2) is 9.34. The number of ether oxygens (including phenoxy) is 2. The fourth-order valence-corrected chi connectivity index (χ4v) is 1.50. The van der Waals surface area contributed by atoms with Crippen LogP contribution in [0.25, 0.3) is 0 Å². The average molecular weight is 281 g/mol. The molecule has 2 N–H and O–H groups in total. The molecule has 5 nitrogen and oxygen atoms in total. The maximum absolute atomic E-state index is 11.5. The quantitative estimate of drug-likeness (QED) is 0.717. The molecule has 0 saturated heterocycles. The van der Waals surface area contributed by atoms with Crippen molar-refractivity contribution in [3.05, 3.63) is 35.9 Å². The number of hydrogen-bond acceptors (Lipinski definition) is 4. The molecular weight excluding hydrogens is 258 g/mol. The first kappa shape index (κ1) is 16.5. The standard InChI is InChI=1S/C15H23NO4/c1-12(2)10-20-15(18)16-14(8-9-17)19-11-13-6-4-3-5-7-13/h3-7,12,14,17H,8-11H2,1-2H3,(H,16,18). The van der Waals surface area contributed by atoms with Crippen molar-refractivity contribution in [2.45, 2.75) is 33.1 Å². The molecule has 1 rings (SSSR count). The molecule has 1 amide bonds. The van der Waals surface area contributed by atoms with Gasteiger partial charge in [-0.15, -0.1) is 0 Å². The predicted molar refractivity (Wildman–Crippen MR) is 76.0 cm³/mol. The molecule has 20 heavy (non-hydrogen) atoms. The van der Waals surface area contributed by atoms with E-state index in [9.17, 15) is 4.79 Å². The van der Waals surface area contributed by atoms with Gasteiger partial charge in [-0.1, -0.05) is 44.2 Å². The molecule has 0 aliphatic heterocycles. The van der Waals surface area contributed by atoms with Gasteiger partial charge in [-0.05, 0) is 11.5 Å². The molecule has 0 heterocycles. The monoisotopic (exact) mass is 281 g/mol. The fraction of sp³-hybridized carbons (Fsp3) is 0.533. The molecule has 0 radical (unpaired) electrons. The molecule has 0 aliphatic carbocycles. The number of rotatable bonds is 8. The summed E-state index contributed by atoms with van der Waals surface area (Å²) in [4.78, 5) is 11.5. The molecule has 0 saturated carbocycles. The molecule has 5 heteroatoms. The van der Waals surface area contributed by atoms with Crippen molar-refractivity contribution >= 4 is 6.09 Å². The summed E-state index contributed by atoms with van der Waals surface area (Å²) in [5, 5.41) is 11.6. The van der Waals surface area contributed by atoms with Crippen molar-refractivity contribution in [1.29, 1.82) is 0 Å². The lowest BCUT2D eigenvalue weighted by atomic mass is 10.2. The Balaban J connectivity index is 2.37. The minimum Gasteiger partial charge on any atom is -0.449 e. The summed E-state index contributed by atoms with van der Waals surface area (Å²) in [6, 6.07) is 9.64. The molecule has 1 aromatic carbocycles. The normalized spacial score (nSPS) is 12.2. The van der Waals surface area contributed by atoms with Gasteiger partial charge < -0.3 is 14.6 Å². The highest BCUT2D eigenvalue weighted by Crippen LogP contribution is 2.05. The van der Waals surface area contributed by atoms with Crippen LogP contribution in [0.5, 0.6) is 0 Å². The van der Waals surface area contributed by atoms with Crippen LogP contribution < -0.4 is 5.32 Å². The SMILES string of the molecule is CC(C)COC(=O)NC(CCO)OCc1ccccc1. The van der Waals surface area contributed by atoms with Crippen LogP contribution >= 0.6 is 0 Å². The van der Waals surface area contributed by atoms with E-state index in [1.807, 2.05) is 44.2 Å². The average Bonchev–Trinajstić information content (AvgIpc) is 2.44. The third-order valence-corrected chi connectivity index (χ3v) is 2.51. The molecular formula is C15H23NO4. The number of benzene rings is 1. The zero-order valence-corrected chi connectivity index (χ0v) is 12.0. The number of hydrogen-bond donors (Lipinski definition) is 2. The van der Waals surface area contributed by atoms with Crippen LogP contribution in [-0.4, -0.2) is 30.6 Å². The Kier molecular flexibility index (Phi) is 7.69. The number of aliphatic hydroxyl groups is 1. The maximum Gasteiger partial charge on any atom is 0.409 e. The minimum absolute atomic E-state index is 0.0656. The van der Waals surface area contributed by atoms with Crippen molar-refractivity contribution in [3.8, 4) is 0 Å². The van der Waals surface area contributed by atoms with E-state index in [-0.39, 0.29) is 12.5 Å². The third-order valence-electron chi connectivity index (χ3n) is 2.51. The van der Waals surface area contributed by atoms with Gasteiger partial charge in [0.05, 0.1) is 13.2 Å². The zero-order chi connectivity index (χ0) is 14.8. The lowest BCUT2D eigenvalue weighted by Gasteiger charge is -2.19. The van der Waals surface area contributed by atoms with E-state index in [2.05, 4.69) is 5.32 Å². The van der Waals surface area contributed by atoms with E-state index in [0.29, 0.717) is 19.6 Å².